The zero-order valence-corrected chi connectivity index (χ0v) is 9.65. The van der Waals surface area contributed by atoms with Gasteiger partial charge in [-0.25, -0.2) is 9.18 Å². The first-order valence-corrected chi connectivity index (χ1v) is 5.58. The van der Waals surface area contributed by atoms with E-state index in [0.717, 1.165) is 0 Å². The van der Waals surface area contributed by atoms with Crippen LogP contribution in [-0.2, 0) is 4.74 Å². The van der Waals surface area contributed by atoms with Gasteiger partial charge in [0.1, 0.15) is 11.4 Å². The second-order valence-corrected chi connectivity index (χ2v) is 4.35. The number of hydrogen-bond donors (Lipinski definition) is 3. The summed E-state index contributed by atoms with van der Waals surface area (Å²) in [6.07, 6.45) is 0.441. The quantitative estimate of drug-likeness (QED) is 0.750. The standard InChI is InChI=1S/C12H14FNO4/c13-9-3-1-2-8(11(15)16)10(9)14-6-12(17)4-5-18-7-12/h1-3,14,17H,4-7H2,(H,15,16). The molecule has 0 radical (unpaired) electrons. The molecule has 1 atom stereocenters. The van der Waals surface area contributed by atoms with Gasteiger partial charge in [0, 0.05) is 19.6 Å². The van der Waals surface area contributed by atoms with Crippen molar-refractivity contribution in [3.8, 4) is 0 Å². The monoisotopic (exact) mass is 255 g/mol. The maximum atomic E-state index is 13.6. The van der Waals surface area contributed by atoms with E-state index in [1.165, 1.54) is 18.2 Å². The lowest BCUT2D eigenvalue weighted by Gasteiger charge is -2.22. The van der Waals surface area contributed by atoms with Crippen LogP contribution in [-0.4, -0.2) is 41.5 Å². The summed E-state index contributed by atoms with van der Waals surface area (Å²) in [5.41, 5.74) is -1.33. The number of aromatic carboxylic acids is 1. The number of para-hydroxylation sites is 1. The number of ether oxygens (including phenoxy) is 1. The van der Waals surface area contributed by atoms with Crippen LogP contribution in [0.3, 0.4) is 0 Å². The Morgan fingerprint density at radius 3 is 2.94 bits per heavy atom. The van der Waals surface area contributed by atoms with Crippen LogP contribution in [0.15, 0.2) is 18.2 Å². The summed E-state index contributed by atoms with van der Waals surface area (Å²) < 4.78 is 18.6. The highest BCUT2D eigenvalue weighted by atomic mass is 19.1. The molecule has 6 heteroatoms. The van der Waals surface area contributed by atoms with Gasteiger partial charge in [0.25, 0.3) is 0 Å². The fourth-order valence-corrected chi connectivity index (χ4v) is 1.87. The van der Waals surface area contributed by atoms with Crippen molar-refractivity contribution in [1.82, 2.24) is 0 Å². The number of carbonyl (C=O) groups is 1. The molecule has 0 aromatic heterocycles. The number of carboxylic acids is 1. The molecule has 1 unspecified atom stereocenters. The van der Waals surface area contributed by atoms with Gasteiger partial charge in [0.2, 0.25) is 0 Å². The van der Waals surface area contributed by atoms with Gasteiger partial charge in [-0.05, 0) is 12.1 Å². The van der Waals surface area contributed by atoms with Gasteiger partial charge in [0.15, 0.2) is 0 Å². The number of aliphatic hydroxyl groups is 1. The molecule has 0 saturated carbocycles. The first-order valence-electron chi connectivity index (χ1n) is 5.58. The van der Waals surface area contributed by atoms with Crippen molar-refractivity contribution in [3.63, 3.8) is 0 Å². The smallest absolute Gasteiger partial charge is 0.337 e. The maximum Gasteiger partial charge on any atom is 0.337 e. The topological polar surface area (TPSA) is 78.8 Å². The van der Waals surface area contributed by atoms with E-state index in [1.54, 1.807) is 0 Å². The third-order valence-electron chi connectivity index (χ3n) is 2.92. The van der Waals surface area contributed by atoms with E-state index in [2.05, 4.69) is 5.32 Å². The molecule has 1 heterocycles. The van der Waals surface area contributed by atoms with Crippen LogP contribution in [0.2, 0.25) is 0 Å². The number of nitrogens with one attached hydrogen (secondary N) is 1. The van der Waals surface area contributed by atoms with Crippen molar-refractivity contribution >= 4 is 11.7 Å². The van der Waals surface area contributed by atoms with Crippen molar-refractivity contribution in [3.05, 3.63) is 29.6 Å². The summed E-state index contributed by atoms with van der Waals surface area (Å²) in [4.78, 5) is 11.0. The molecule has 1 saturated heterocycles. The Bertz CT molecular complexity index is 457. The Labute approximate surface area is 103 Å². The molecule has 0 amide bonds. The van der Waals surface area contributed by atoms with Crippen molar-refractivity contribution < 1.29 is 24.1 Å². The average molecular weight is 255 g/mol. The molecule has 0 bridgehead atoms. The van der Waals surface area contributed by atoms with Crippen molar-refractivity contribution in [1.29, 1.82) is 0 Å². The Morgan fingerprint density at radius 2 is 2.33 bits per heavy atom. The molecular weight excluding hydrogens is 241 g/mol. The van der Waals surface area contributed by atoms with Crippen LogP contribution in [0.25, 0.3) is 0 Å². The number of carboxylic acid groups (broad SMARTS) is 1. The molecule has 2 rings (SSSR count). The van der Waals surface area contributed by atoms with E-state index >= 15 is 0 Å². The molecule has 0 aliphatic carbocycles. The summed E-state index contributed by atoms with van der Waals surface area (Å²) >= 11 is 0. The highest BCUT2D eigenvalue weighted by Crippen LogP contribution is 2.23. The largest absolute Gasteiger partial charge is 0.478 e. The summed E-state index contributed by atoms with van der Waals surface area (Å²) in [5.74, 6) is -1.87. The van der Waals surface area contributed by atoms with Crippen LogP contribution < -0.4 is 5.32 Å². The highest BCUT2D eigenvalue weighted by Gasteiger charge is 2.32. The Morgan fingerprint density at radius 1 is 1.56 bits per heavy atom. The molecule has 18 heavy (non-hydrogen) atoms. The van der Waals surface area contributed by atoms with E-state index in [-0.39, 0.29) is 24.4 Å². The van der Waals surface area contributed by atoms with Gasteiger partial charge >= 0.3 is 5.97 Å². The van der Waals surface area contributed by atoms with E-state index in [4.69, 9.17) is 9.84 Å². The molecule has 0 spiro atoms. The van der Waals surface area contributed by atoms with Gasteiger partial charge in [-0.2, -0.15) is 0 Å². The SMILES string of the molecule is O=C(O)c1cccc(F)c1NCC1(O)CCOC1. The lowest BCUT2D eigenvalue weighted by atomic mass is 10.0. The molecule has 98 valence electrons. The molecule has 1 aliphatic heterocycles. The third kappa shape index (κ3) is 2.60. The fourth-order valence-electron chi connectivity index (χ4n) is 1.87. The number of halogens is 1. The predicted molar refractivity (Wildman–Crippen MR) is 62.2 cm³/mol. The van der Waals surface area contributed by atoms with Gasteiger partial charge in [-0.3, -0.25) is 0 Å². The van der Waals surface area contributed by atoms with E-state index in [1.807, 2.05) is 0 Å². The number of benzene rings is 1. The van der Waals surface area contributed by atoms with Crippen molar-refractivity contribution in [2.45, 2.75) is 12.0 Å². The highest BCUT2D eigenvalue weighted by molar-refractivity contribution is 5.94. The average Bonchev–Trinajstić information content (AvgIpc) is 2.74. The number of rotatable bonds is 4. The first kappa shape index (κ1) is 12.8. The molecule has 1 aliphatic rings. The van der Waals surface area contributed by atoms with Gasteiger partial charge < -0.3 is 20.3 Å². The maximum absolute atomic E-state index is 13.6. The zero-order chi connectivity index (χ0) is 13.2. The summed E-state index contributed by atoms with van der Waals surface area (Å²) in [6.45, 7) is 0.659. The van der Waals surface area contributed by atoms with Gasteiger partial charge in [-0.1, -0.05) is 6.07 Å². The normalized spacial score (nSPS) is 23.0. The van der Waals surface area contributed by atoms with Gasteiger partial charge in [-0.15, -0.1) is 0 Å². The molecular formula is C12H14FNO4. The van der Waals surface area contributed by atoms with E-state index in [0.29, 0.717) is 13.0 Å². The Kier molecular flexibility index (Phi) is 3.49. The Hall–Kier alpha value is -1.66. The van der Waals surface area contributed by atoms with Crippen molar-refractivity contribution in [2.75, 3.05) is 25.1 Å². The summed E-state index contributed by atoms with van der Waals surface area (Å²) in [5, 5.41) is 21.6. The zero-order valence-electron chi connectivity index (χ0n) is 9.65. The second-order valence-electron chi connectivity index (χ2n) is 4.35. The number of hydrogen-bond acceptors (Lipinski definition) is 4. The minimum Gasteiger partial charge on any atom is -0.478 e. The molecule has 5 nitrogen and oxygen atoms in total. The number of anilines is 1. The fraction of sp³-hybridized carbons (Fsp3) is 0.417. The van der Waals surface area contributed by atoms with Crippen LogP contribution in [0.1, 0.15) is 16.8 Å². The van der Waals surface area contributed by atoms with Crippen LogP contribution in [0.5, 0.6) is 0 Å². The summed E-state index contributed by atoms with van der Waals surface area (Å²) in [6, 6.07) is 3.81. The van der Waals surface area contributed by atoms with E-state index in [9.17, 15) is 14.3 Å². The lowest BCUT2D eigenvalue weighted by molar-refractivity contribution is 0.0380. The van der Waals surface area contributed by atoms with Crippen LogP contribution >= 0.6 is 0 Å². The molecule has 1 aromatic carbocycles. The second kappa shape index (κ2) is 4.91. The van der Waals surface area contributed by atoms with E-state index < -0.39 is 17.4 Å². The molecule has 1 fully saturated rings. The molecule has 3 N–H and O–H groups in total. The van der Waals surface area contributed by atoms with Gasteiger partial charge in [0.05, 0.1) is 17.9 Å². The lowest BCUT2D eigenvalue weighted by Crippen LogP contribution is -2.37. The first-order chi connectivity index (χ1) is 8.52. The predicted octanol–water partition coefficient (Wildman–Crippen LogP) is 1.09. The van der Waals surface area contributed by atoms with Crippen molar-refractivity contribution in [2.24, 2.45) is 0 Å². The Balaban J connectivity index is 2.15. The van der Waals surface area contributed by atoms with Crippen LogP contribution in [0.4, 0.5) is 10.1 Å². The minimum absolute atomic E-state index is 0.0498. The molecule has 1 aromatic rings. The summed E-state index contributed by atoms with van der Waals surface area (Å²) in [7, 11) is 0. The van der Waals surface area contributed by atoms with Crippen LogP contribution in [0, 0.1) is 5.82 Å². The minimum atomic E-state index is -1.22. The third-order valence-corrected chi connectivity index (χ3v) is 2.92.